The van der Waals surface area contributed by atoms with Gasteiger partial charge < -0.3 is 9.13 Å². The Kier molecular flexibility index (Phi) is 5.21. The Balaban J connectivity index is 1.23. The normalized spacial score (nSPS) is 13.7. The Bertz CT molecular complexity index is 2950. The van der Waals surface area contributed by atoms with Crippen molar-refractivity contribution < 1.29 is 0 Å². The fourth-order valence-electron chi connectivity index (χ4n) is 9.03. The molecule has 10 aromatic rings. The minimum absolute atomic E-state index is 0.0867. The van der Waals surface area contributed by atoms with Crippen LogP contribution in [-0.4, -0.2) is 9.13 Å². The monoisotopic (exact) mass is 624 g/mol. The molecule has 49 heavy (non-hydrogen) atoms. The first-order valence-electron chi connectivity index (χ1n) is 17.2. The second-order valence-electron chi connectivity index (χ2n) is 14.2. The summed E-state index contributed by atoms with van der Waals surface area (Å²) in [6.07, 6.45) is 0. The van der Waals surface area contributed by atoms with Crippen molar-refractivity contribution in [2.24, 2.45) is 0 Å². The number of para-hydroxylation sites is 2. The van der Waals surface area contributed by atoms with E-state index in [1.54, 1.807) is 0 Å². The quantitative estimate of drug-likeness (QED) is 0.169. The van der Waals surface area contributed by atoms with Gasteiger partial charge in [0.15, 0.2) is 0 Å². The van der Waals surface area contributed by atoms with Gasteiger partial charge in [-0.25, -0.2) is 0 Å². The average Bonchev–Trinajstić information content (AvgIpc) is 3.74. The minimum Gasteiger partial charge on any atom is -0.309 e. The van der Waals surface area contributed by atoms with Crippen LogP contribution in [0.5, 0.6) is 0 Å². The molecule has 0 saturated carbocycles. The Morgan fingerprint density at radius 3 is 1.67 bits per heavy atom. The molecule has 230 valence electrons. The molecule has 2 aromatic heterocycles. The minimum atomic E-state index is -0.0867. The molecule has 2 nitrogen and oxygen atoms in total. The van der Waals surface area contributed by atoms with Crippen molar-refractivity contribution in [3.05, 3.63) is 169 Å². The maximum atomic E-state index is 2.50. The molecule has 0 bridgehead atoms. The van der Waals surface area contributed by atoms with E-state index >= 15 is 0 Å². The van der Waals surface area contributed by atoms with Gasteiger partial charge >= 0.3 is 0 Å². The Labute approximate surface area is 284 Å². The van der Waals surface area contributed by atoms with Crippen LogP contribution in [0.2, 0.25) is 0 Å². The van der Waals surface area contributed by atoms with E-state index in [1.807, 2.05) is 0 Å². The predicted octanol–water partition coefficient (Wildman–Crippen LogP) is 12.5. The predicted molar refractivity (Wildman–Crippen MR) is 208 cm³/mol. The number of aromatic nitrogens is 2. The maximum Gasteiger partial charge on any atom is 0.0547 e. The molecule has 2 heteroatoms. The van der Waals surface area contributed by atoms with Gasteiger partial charge in [-0.3, -0.25) is 0 Å². The standard InChI is InChI=1S/C47H32N2/c1-47(2)39-16-8-5-13-34(39)37-27-38-44(28-40(37)47)49(43-26-21-30-20-19-29-11-3-4-12-33(29)45(30)46(38)43)32-24-22-31(23-25-32)48-41-17-9-6-14-35(41)36-15-7-10-18-42(36)48/h3-28H,1-2H3. The molecule has 0 radical (unpaired) electrons. The summed E-state index contributed by atoms with van der Waals surface area (Å²) >= 11 is 0. The number of hydrogen-bond donors (Lipinski definition) is 0. The number of hydrogen-bond acceptors (Lipinski definition) is 0. The van der Waals surface area contributed by atoms with Crippen molar-refractivity contribution in [1.29, 1.82) is 0 Å². The Morgan fingerprint density at radius 2 is 0.939 bits per heavy atom. The second-order valence-corrected chi connectivity index (χ2v) is 14.2. The summed E-state index contributed by atoms with van der Waals surface area (Å²) in [6.45, 7) is 4.75. The lowest BCUT2D eigenvalue weighted by Crippen LogP contribution is -2.14. The topological polar surface area (TPSA) is 9.86 Å². The van der Waals surface area contributed by atoms with Crippen molar-refractivity contribution in [1.82, 2.24) is 9.13 Å². The first kappa shape index (κ1) is 26.9. The van der Waals surface area contributed by atoms with Crippen molar-refractivity contribution in [3.8, 4) is 22.5 Å². The number of benzene rings is 8. The highest BCUT2D eigenvalue weighted by molar-refractivity contribution is 6.28. The van der Waals surface area contributed by atoms with Gasteiger partial charge in [0.25, 0.3) is 0 Å². The third-order valence-electron chi connectivity index (χ3n) is 11.3. The van der Waals surface area contributed by atoms with E-state index in [1.165, 1.54) is 87.4 Å². The van der Waals surface area contributed by atoms with Crippen LogP contribution in [0.1, 0.15) is 25.0 Å². The molecule has 0 amide bonds. The molecular formula is C47H32N2. The van der Waals surface area contributed by atoms with Crippen LogP contribution in [0, 0.1) is 0 Å². The van der Waals surface area contributed by atoms with E-state index in [2.05, 4.69) is 181 Å². The lowest BCUT2D eigenvalue weighted by Gasteiger charge is -2.21. The first-order valence-corrected chi connectivity index (χ1v) is 17.2. The zero-order chi connectivity index (χ0) is 32.4. The van der Waals surface area contributed by atoms with Crippen molar-refractivity contribution in [3.63, 3.8) is 0 Å². The van der Waals surface area contributed by atoms with E-state index in [0.29, 0.717) is 0 Å². The van der Waals surface area contributed by atoms with E-state index in [9.17, 15) is 0 Å². The third-order valence-corrected chi connectivity index (χ3v) is 11.3. The summed E-state index contributed by atoms with van der Waals surface area (Å²) in [7, 11) is 0. The van der Waals surface area contributed by atoms with Gasteiger partial charge in [-0.1, -0.05) is 117 Å². The summed E-state index contributed by atoms with van der Waals surface area (Å²) in [6, 6.07) is 58.6. The van der Waals surface area contributed by atoms with Gasteiger partial charge in [0.2, 0.25) is 0 Å². The summed E-state index contributed by atoms with van der Waals surface area (Å²) in [4.78, 5) is 0. The molecule has 0 fully saturated rings. The van der Waals surface area contributed by atoms with Crippen LogP contribution < -0.4 is 0 Å². The third kappa shape index (κ3) is 3.50. The lowest BCUT2D eigenvalue weighted by molar-refractivity contribution is 0.661. The molecule has 0 N–H and O–H groups in total. The van der Waals surface area contributed by atoms with E-state index in [4.69, 9.17) is 0 Å². The summed E-state index contributed by atoms with van der Waals surface area (Å²) in [5, 5.41) is 10.3. The molecule has 1 aliphatic rings. The van der Waals surface area contributed by atoms with Crippen molar-refractivity contribution in [2.75, 3.05) is 0 Å². The molecule has 11 rings (SSSR count). The first-order chi connectivity index (χ1) is 24.1. The number of nitrogens with zero attached hydrogens (tertiary/aromatic N) is 2. The highest BCUT2D eigenvalue weighted by atomic mass is 15.0. The van der Waals surface area contributed by atoms with Gasteiger partial charge in [0.05, 0.1) is 22.1 Å². The van der Waals surface area contributed by atoms with Crippen LogP contribution in [0.25, 0.3) is 87.7 Å². The Hall–Kier alpha value is -6.12. The molecule has 0 saturated heterocycles. The van der Waals surface area contributed by atoms with E-state index in [0.717, 1.165) is 11.4 Å². The van der Waals surface area contributed by atoms with E-state index in [-0.39, 0.29) is 5.41 Å². The fraction of sp³-hybridized carbons (Fsp3) is 0.0638. The summed E-state index contributed by atoms with van der Waals surface area (Å²) in [5.41, 5.74) is 12.7. The van der Waals surface area contributed by atoms with Crippen LogP contribution in [0.3, 0.4) is 0 Å². The van der Waals surface area contributed by atoms with Gasteiger partial charge in [-0.15, -0.1) is 0 Å². The zero-order valence-electron chi connectivity index (χ0n) is 27.4. The highest BCUT2D eigenvalue weighted by Crippen LogP contribution is 2.51. The number of rotatable bonds is 2. The average molecular weight is 625 g/mol. The van der Waals surface area contributed by atoms with Crippen molar-refractivity contribution in [2.45, 2.75) is 19.3 Å². The molecule has 2 heterocycles. The molecule has 8 aromatic carbocycles. The largest absolute Gasteiger partial charge is 0.309 e. The second kappa shape index (κ2) is 9.49. The van der Waals surface area contributed by atoms with Crippen molar-refractivity contribution >= 4 is 65.2 Å². The molecule has 1 aliphatic carbocycles. The SMILES string of the molecule is CC1(C)c2ccccc2-c2cc3c4c5c(ccc6ccccc65)ccc4n(-c4ccc(-n5c6ccccc6c6ccccc65)cc4)c3cc21. The summed E-state index contributed by atoms with van der Waals surface area (Å²) < 4.78 is 4.90. The van der Waals surface area contributed by atoms with E-state index < -0.39 is 0 Å². The van der Waals surface area contributed by atoms with Gasteiger partial charge in [-0.05, 0) is 98.4 Å². The van der Waals surface area contributed by atoms with Gasteiger partial charge in [0.1, 0.15) is 0 Å². The van der Waals surface area contributed by atoms with Gasteiger partial charge in [-0.2, -0.15) is 0 Å². The maximum absolute atomic E-state index is 2.50. The Morgan fingerprint density at radius 1 is 0.367 bits per heavy atom. The van der Waals surface area contributed by atoms with Crippen LogP contribution >= 0.6 is 0 Å². The van der Waals surface area contributed by atoms with Crippen LogP contribution in [-0.2, 0) is 5.41 Å². The van der Waals surface area contributed by atoms with Gasteiger partial charge in [0, 0.05) is 38.3 Å². The fourth-order valence-corrected chi connectivity index (χ4v) is 9.03. The summed E-state index contributed by atoms with van der Waals surface area (Å²) in [5.74, 6) is 0. The van der Waals surface area contributed by atoms with Crippen LogP contribution in [0.4, 0.5) is 0 Å². The lowest BCUT2D eigenvalue weighted by atomic mass is 9.82. The molecular weight excluding hydrogens is 593 g/mol. The molecule has 0 aliphatic heterocycles. The zero-order valence-corrected chi connectivity index (χ0v) is 27.4. The molecule has 0 spiro atoms. The molecule has 0 unspecified atom stereocenters. The van der Waals surface area contributed by atoms with Crippen LogP contribution in [0.15, 0.2) is 158 Å². The smallest absolute Gasteiger partial charge is 0.0547 e. The number of fused-ring (bicyclic) bond motifs is 13. The highest BCUT2D eigenvalue weighted by Gasteiger charge is 2.36. The molecule has 0 atom stereocenters.